The lowest BCUT2D eigenvalue weighted by atomic mass is 10.2. The molecule has 0 N–H and O–H groups in total. The monoisotopic (exact) mass is 252 g/mol. The highest BCUT2D eigenvalue weighted by atomic mass is 28.4. The van der Waals surface area contributed by atoms with Gasteiger partial charge in [-0.15, -0.1) is 0 Å². The zero-order valence-electron chi connectivity index (χ0n) is 10.9. The summed E-state index contributed by atoms with van der Waals surface area (Å²) in [6, 6.07) is 9.98. The summed E-state index contributed by atoms with van der Waals surface area (Å²) in [4.78, 5) is 0. The standard InChI is InChI=1S/C13H20O3Si/c1-14-13(16-17(2,3)4)11-15-10-12-8-6-5-7-9-12/h5-9,11H,10H2,1-4H3. The Morgan fingerprint density at radius 3 is 2.35 bits per heavy atom. The minimum atomic E-state index is -1.64. The molecule has 0 unspecified atom stereocenters. The predicted octanol–water partition coefficient (Wildman–Crippen LogP) is 3.50. The van der Waals surface area contributed by atoms with Gasteiger partial charge in [-0.05, 0) is 25.2 Å². The van der Waals surface area contributed by atoms with E-state index >= 15 is 0 Å². The third kappa shape index (κ3) is 6.02. The molecule has 3 nitrogen and oxygen atoms in total. The van der Waals surface area contributed by atoms with Gasteiger partial charge in [-0.25, -0.2) is 0 Å². The van der Waals surface area contributed by atoms with Crippen molar-refractivity contribution < 1.29 is 13.9 Å². The molecule has 0 aliphatic heterocycles. The van der Waals surface area contributed by atoms with Crippen LogP contribution in [0.2, 0.25) is 19.6 Å². The fourth-order valence-corrected chi connectivity index (χ4v) is 1.93. The molecule has 0 radical (unpaired) electrons. The molecule has 0 saturated heterocycles. The van der Waals surface area contributed by atoms with Gasteiger partial charge in [0, 0.05) is 0 Å². The van der Waals surface area contributed by atoms with Crippen LogP contribution < -0.4 is 0 Å². The van der Waals surface area contributed by atoms with E-state index in [1.165, 1.54) is 6.26 Å². The number of rotatable bonds is 6. The second-order valence-electron chi connectivity index (χ2n) is 4.65. The lowest BCUT2D eigenvalue weighted by molar-refractivity contribution is 0.114. The molecule has 17 heavy (non-hydrogen) atoms. The van der Waals surface area contributed by atoms with E-state index in [1.54, 1.807) is 7.11 Å². The lowest BCUT2D eigenvalue weighted by Gasteiger charge is -2.19. The first-order valence-electron chi connectivity index (χ1n) is 5.60. The lowest BCUT2D eigenvalue weighted by Crippen LogP contribution is -2.25. The minimum absolute atomic E-state index is 0.445. The van der Waals surface area contributed by atoms with E-state index in [4.69, 9.17) is 13.9 Å². The quantitative estimate of drug-likeness (QED) is 0.573. The Morgan fingerprint density at radius 1 is 1.18 bits per heavy atom. The van der Waals surface area contributed by atoms with Crippen molar-refractivity contribution in [2.75, 3.05) is 7.11 Å². The van der Waals surface area contributed by atoms with Gasteiger partial charge in [0.1, 0.15) is 6.61 Å². The Labute approximate surface area is 104 Å². The van der Waals surface area contributed by atoms with E-state index in [9.17, 15) is 0 Å². The van der Waals surface area contributed by atoms with Crippen molar-refractivity contribution in [1.29, 1.82) is 0 Å². The number of methoxy groups -OCH3 is 1. The first-order valence-corrected chi connectivity index (χ1v) is 9.01. The zero-order chi connectivity index (χ0) is 12.7. The summed E-state index contributed by atoms with van der Waals surface area (Å²) in [6.45, 7) is 6.80. The van der Waals surface area contributed by atoms with Crippen molar-refractivity contribution in [3.05, 3.63) is 48.1 Å². The van der Waals surface area contributed by atoms with Gasteiger partial charge in [0.05, 0.1) is 7.11 Å². The van der Waals surface area contributed by atoms with Gasteiger partial charge < -0.3 is 13.9 Å². The van der Waals surface area contributed by atoms with E-state index < -0.39 is 8.32 Å². The van der Waals surface area contributed by atoms with Crippen molar-refractivity contribution in [3.8, 4) is 0 Å². The molecule has 0 aliphatic carbocycles. The number of ether oxygens (including phenoxy) is 2. The maximum absolute atomic E-state index is 5.68. The maximum atomic E-state index is 5.68. The van der Waals surface area contributed by atoms with Crippen LogP contribution in [0.25, 0.3) is 0 Å². The molecule has 0 heterocycles. The molecule has 0 fully saturated rings. The van der Waals surface area contributed by atoms with Crippen molar-refractivity contribution in [1.82, 2.24) is 0 Å². The smallest absolute Gasteiger partial charge is 0.301 e. The van der Waals surface area contributed by atoms with E-state index in [1.807, 2.05) is 30.3 Å². The fourth-order valence-electron chi connectivity index (χ4n) is 1.20. The van der Waals surface area contributed by atoms with Gasteiger partial charge in [0.25, 0.3) is 0 Å². The van der Waals surface area contributed by atoms with Gasteiger partial charge in [0.2, 0.25) is 8.32 Å². The van der Waals surface area contributed by atoms with Crippen LogP contribution in [0.4, 0.5) is 0 Å². The van der Waals surface area contributed by atoms with Crippen molar-refractivity contribution in [2.45, 2.75) is 26.2 Å². The first kappa shape index (κ1) is 13.6. The predicted molar refractivity (Wildman–Crippen MR) is 70.8 cm³/mol. The van der Waals surface area contributed by atoms with Crippen molar-refractivity contribution >= 4 is 8.32 Å². The minimum Gasteiger partial charge on any atom is -0.518 e. The molecule has 1 rings (SSSR count). The summed E-state index contributed by atoms with van der Waals surface area (Å²) in [6.07, 6.45) is 1.53. The van der Waals surface area contributed by atoms with E-state index in [2.05, 4.69) is 19.6 Å². The molecule has 0 bridgehead atoms. The number of hydrogen-bond donors (Lipinski definition) is 0. The molecule has 1 aromatic rings. The summed E-state index contributed by atoms with van der Waals surface area (Å²) >= 11 is 0. The van der Waals surface area contributed by atoms with Crippen LogP contribution >= 0.6 is 0 Å². The molecular formula is C13H20O3Si. The van der Waals surface area contributed by atoms with E-state index in [0.717, 1.165) is 5.56 Å². The van der Waals surface area contributed by atoms with Crippen LogP contribution in [0.5, 0.6) is 0 Å². The fraction of sp³-hybridized carbons (Fsp3) is 0.385. The Hall–Kier alpha value is -1.42. The zero-order valence-corrected chi connectivity index (χ0v) is 11.9. The molecule has 0 saturated carbocycles. The Balaban J connectivity index is 2.46. The average Bonchev–Trinajstić information content (AvgIpc) is 2.27. The normalized spacial score (nSPS) is 12.1. The molecule has 0 aliphatic rings. The van der Waals surface area contributed by atoms with E-state index in [-0.39, 0.29) is 0 Å². The summed E-state index contributed by atoms with van der Waals surface area (Å²) in [5.41, 5.74) is 1.12. The third-order valence-electron chi connectivity index (χ3n) is 1.88. The van der Waals surface area contributed by atoms with Gasteiger partial charge in [-0.3, -0.25) is 0 Å². The Bertz CT molecular complexity index is 355. The van der Waals surface area contributed by atoms with Crippen LogP contribution in [-0.4, -0.2) is 15.4 Å². The molecule has 4 heteroatoms. The van der Waals surface area contributed by atoms with Gasteiger partial charge in [0.15, 0.2) is 6.26 Å². The first-order chi connectivity index (χ1) is 8.01. The van der Waals surface area contributed by atoms with Gasteiger partial charge in [-0.1, -0.05) is 30.3 Å². The van der Waals surface area contributed by atoms with Crippen LogP contribution in [0, 0.1) is 0 Å². The SMILES string of the molecule is COC(=COCc1ccccc1)O[Si](C)(C)C. The Morgan fingerprint density at radius 2 is 1.82 bits per heavy atom. The summed E-state index contributed by atoms with van der Waals surface area (Å²) in [5.74, 6) is 0.445. The van der Waals surface area contributed by atoms with Crippen LogP contribution in [0.3, 0.4) is 0 Å². The molecule has 0 amide bonds. The summed E-state index contributed by atoms with van der Waals surface area (Å²) < 4.78 is 16.2. The topological polar surface area (TPSA) is 27.7 Å². The molecular weight excluding hydrogens is 232 g/mol. The van der Waals surface area contributed by atoms with Crippen molar-refractivity contribution in [3.63, 3.8) is 0 Å². The van der Waals surface area contributed by atoms with Crippen molar-refractivity contribution in [2.24, 2.45) is 0 Å². The average molecular weight is 252 g/mol. The van der Waals surface area contributed by atoms with E-state index in [0.29, 0.717) is 12.6 Å². The maximum Gasteiger partial charge on any atom is 0.301 e. The molecule has 0 aromatic heterocycles. The molecule has 94 valence electrons. The van der Waals surface area contributed by atoms with Gasteiger partial charge >= 0.3 is 5.95 Å². The largest absolute Gasteiger partial charge is 0.518 e. The second kappa shape index (κ2) is 6.35. The third-order valence-corrected chi connectivity index (χ3v) is 2.69. The molecule has 1 aromatic carbocycles. The van der Waals surface area contributed by atoms with Gasteiger partial charge in [-0.2, -0.15) is 0 Å². The Kier molecular flexibility index (Phi) is 5.09. The molecule has 0 spiro atoms. The number of benzene rings is 1. The molecule has 0 atom stereocenters. The highest BCUT2D eigenvalue weighted by molar-refractivity contribution is 6.69. The number of hydrogen-bond acceptors (Lipinski definition) is 3. The second-order valence-corrected chi connectivity index (χ2v) is 9.08. The van der Waals surface area contributed by atoms with Crippen LogP contribution in [0.15, 0.2) is 42.5 Å². The summed E-state index contributed by atoms with van der Waals surface area (Å²) in [7, 11) is -0.0626. The summed E-state index contributed by atoms with van der Waals surface area (Å²) in [5, 5.41) is 0. The highest BCUT2D eigenvalue weighted by Gasteiger charge is 2.18. The van der Waals surface area contributed by atoms with Crippen LogP contribution in [0.1, 0.15) is 5.56 Å². The highest BCUT2D eigenvalue weighted by Crippen LogP contribution is 2.11. The van der Waals surface area contributed by atoms with Crippen LogP contribution in [-0.2, 0) is 20.5 Å².